The van der Waals surface area contributed by atoms with Crippen LogP contribution in [0.5, 0.6) is 0 Å². The second-order valence-corrected chi connectivity index (χ2v) is 8.04. The Bertz CT molecular complexity index is 482. The predicted molar refractivity (Wildman–Crippen MR) is 85.4 cm³/mol. The van der Waals surface area contributed by atoms with E-state index in [1.165, 1.54) is 36.8 Å². The van der Waals surface area contributed by atoms with Crippen molar-refractivity contribution in [3.8, 4) is 0 Å². The molecule has 3 heteroatoms. The van der Waals surface area contributed by atoms with Gasteiger partial charge in [0.2, 0.25) is 0 Å². The van der Waals surface area contributed by atoms with Gasteiger partial charge in [-0.1, -0.05) is 44.0 Å². The summed E-state index contributed by atoms with van der Waals surface area (Å²) in [5.74, 6) is 0. The maximum atomic E-state index is 13.0. The highest BCUT2D eigenvalue weighted by atomic mass is 32.2. The molecular formula is C17H25NOS. The molecule has 20 heavy (non-hydrogen) atoms. The third-order valence-electron chi connectivity index (χ3n) is 4.73. The molecule has 1 fully saturated rings. The van der Waals surface area contributed by atoms with Crippen LogP contribution in [0.3, 0.4) is 0 Å². The van der Waals surface area contributed by atoms with Crippen LogP contribution < -0.4 is 5.32 Å². The van der Waals surface area contributed by atoms with Crippen LogP contribution in [0.1, 0.15) is 56.2 Å². The smallest absolute Gasteiger partial charge is 0.0586 e. The second-order valence-electron chi connectivity index (χ2n) is 6.11. The zero-order chi connectivity index (χ0) is 13.9. The summed E-state index contributed by atoms with van der Waals surface area (Å²) >= 11 is 0. The summed E-state index contributed by atoms with van der Waals surface area (Å²) in [5, 5.41) is 4.37. The molecule has 110 valence electrons. The zero-order valence-corrected chi connectivity index (χ0v) is 13.1. The molecule has 0 amide bonds. The maximum absolute atomic E-state index is 13.0. The lowest BCUT2D eigenvalue weighted by Crippen LogP contribution is -2.35. The molecule has 0 aromatic heterocycles. The fourth-order valence-corrected chi connectivity index (χ4v) is 5.83. The van der Waals surface area contributed by atoms with Crippen molar-refractivity contribution in [1.29, 1.82) is 0 Å². The zero-order valence-electron chi connectivity index (χ0n) is 12.3. The Morgan fingerprint density at radius 3 is 2.75 bits per heavy atom. The van der Waals surface area contributed by atoms with Gasteiger partial charge in [-0.15, -0.1) is 0 Å². The quantitative estimate of drug-likeness (QED) is 0.901. The van der Waals surface area contributed by atoms with Crippen molar-refractivity contribution in [3.63, 3.8) is 0 Å². The average molecular weight is 291 g/mol. The van der Waals surface area contributed by atoms with Crippen LogP contribution in [0, 0.1) is 0 Å². The fraction of sp³-hybridized carbons (Fsp3) is 0.647. The van der Waals surface area contributed by atoms with Crippen LogP contribution in [0.15, 0.2) is 24.3 Å². The van der Waals surface area contributed by atoms with Crippen LogP contribution >= 0.6 is 0 Å². The molecule has 3 unspecified atom stereocenters. The molecule has 0 heterocycles. The molecule has 1 N–H and O–H groups in total. The summed E-state index contributed by atoms with van der Waals surface area (Å²) in [7, 11) is -0.693. The van der Waals surface area contributed by atoms with Crippen molar-refractivity contribution in [3.05, 3.63) is 35.4 Å². The van der Waals surface area contributed by atoms with Gasteiger partial charge in [0.15, 0.2) is 0 Å². The highest BCUT2D eigenvalue weighted by Crippen LogP contribution is 2.37. The highest BCUT2D eigenvalue weighted by Gasteiger charge is 2.38. The van der Waals surface area contributed by atoms with E-state index in [0.29, 0.717) is 11.3 Å². The maximum Gasteiger partial charge on any atom is 0.0586 e. The van der Waals surface area contributed by atoms with Crippen LogP contribution in [0.25, 0.3) is 0 Å². The Labute approximate surface area is 124 Å². The van der Waals surface area contributed by atoms with Crippen molar-refractivity contribution in [2.24, 2.45) is 0 Å². The lowest BCUT2D eigenvalue weighted by molar-refractivity contribution is 0.525. The molecule has 0 aliphatic heterocycles. The molecular weight excluding hydrogens is 266 g/mol. The van der Waals surface area contributed by atoms with Gasteiger partial charge in [-0.3, -0.25) is 4.21 Å². The van der Waals surface area contributed by atoms with Crippen LogP contribution in [0.2, 0.25) is 0 Å². The summed E-state index contributed by atoms with van der Waals surface area (Å²) in [5.41, 5.74) is 2.79. The molecule has 0 saturated heterocycles. The molecule has 0 bridgehead atoms. The van der Waals surface area contributed by atoms with Crippen molar-refractivity contribution >= 4 is 10.8 Å². The Morgan fingerprint density at radius 1 is 1.25 bits per heavy atom. The summed E-state index contributed by atoms with van der Waals surface area (Å²) in [4.78, 5) is 0. The van der Waals surface area contributed by atoms with Crippen molar-refractivity contribution in [2.45, 2.75) is 62.0 Å². The molecule has 3 atom stereocenters. The standard InChI is InChI=1S/C17H25NOS/c1-2-11-18-17-15-10-6-3-7-13(15)12-16(17)20(19)14-8-4-5-9-14/h3,6-7,10,14,16-18H,2,4-5,8-9,11-12H2,1H3. The first kappa shape index (κ1) is 14.3. The third kappa shape index (κ3) is 2.71. The van der Waals surface area contributed by atoms with Gasteiger partial charge < -0.3 is 5.32 Å². The van der Waals surface area contributed by atoms with Gasteiger partial charge in [-0.25, -0.2) is 0 Å². The molecule has 0 radical (unpaired) electrons. The average Bonchev–Trinajstić information content (AvgIpc) is 3.12. The summed E-state index contributed by atoms with van der Waals surface area (Å²) in [6, 6.07) is 8.94. The largest absolute Gasteiger partial charge is 0.309 e. The van der Waals surface area contributed by atoms with E-state index in [0.717, 1.165) is 19.4 Å². The topological polar surface area (TPSA) is 29.1 Å². The van der Waals surface area contributed by atoms with E-state index in [1.807, 2.05) is 0 Å². The molecule has 2 nitrogen and oxygen atoms in total. The van der Waals surface area contributed by atoms with E-state index in [4.69, 9.17) is 0 Å². The number of hydrogen-bond acceptors (Lipinski definition) is 2. The highest BCUT2D eigenvalue weighted by molar-refractivity contribution is 7.86. The number of rotatable bonds is 5. The van der Waals surface area contributed by atoms with E-state index in [1.54, 1.807) is 0 Å². The molecule has 1 aromatic carbocycles. The van der Waals surface area contributed by atoms with Gasteiger partial charge >= 0.3 is 0 Å². The number of benzene rings is 1. The second kappa shape index (κ2) is 6.40. The fourth-order valence-electron chi connectivity index (χ4n) is 3.68. The van der Waals surface area contributed by atoms with Gasteiger partial charge in [-0.2, -0.15) is 0 Å². The molecule has 0 spiro atoms. The molecule has 2 aliphatic rings. The monoisotopic (exact) mass is 291 g/mol. The Morgan fingerprint density at radius 2 is 2.00 bits per heavy atom. The SMILES string of the molecule is CCCNC1c2ccccc2CC1S(=O)C1CCCC1. The number of nitrogens with one attached hydrogen (secondary N) is 1. The minimum absolute atomic E-state index is 0.280. The Kier molecular flexibility index (Phi) is 4.57. The van der Waals surface area contributed by atoms with Gasteiger partial charge in [-0.05, 0) is 43.4 Å². The van der Waals surface area contributed by atoms with Crippen LogP contribution in [-0.2, 0) is 17.2 Å². The first-order valence-corrected chi connectivity index (χ1v) is 9.29. The van der Waals surface area contributed by atoms with Gasteiger partial charge in [0.05, 0.1) is 5.25 Å². The van der Waals surface area contributed by atoms with Crippen molar-refractivity contribution < 1.29 is 4.21 Å². The lowest BCUT2D eigenvalue weighted by Gasteiger charge is -2.24. The normalized spacial score (nSPS) is 27.6. The van der Waals surface area contributed by atoms with E-state index in [2.05, 4.69) is 36.5 Å². The van der Waals surface area contributed by atoms with E-state index < -0.39 is 10.8 Å². The third-order valence-corrected chi connectivity index (χ3v) is 6.89. The van der Waals surface area contributed by atoms with E-state index in [-0.39, 0.29) is 5.25 Å². The Balaban J connectivity index is 1.81. The number of fused-ring (bicyclic) bond motifs is 1. The summed E-state index contributed by atoms with van der Waals surface area (Å²) in [6.07, 6.45) is 6.98. The minimum Gasteiger partial charge on any atom is -0.309 e. The van der Waals surface area contributed by atoms with E-state index in [9.17, 15) is 4.21 Å². The Hall–Kier alpha value is -0.670. The summed E-state index contributed by atoms with van der Waals surface area (Å²) in [6.45, 7) is 3.20. The van der Waals surface area contributed by atoms with E-state index >= 15 is 0 Å². The molecule has 2 aliphatic carbocycles. The van der Waals surface area contributed by atoms with Crippen molar-refractivity contribution in [2.75, 3.05) is 6.54 Å². The number of hydrogen-bond donors (Lipinski definition) is 1. The van der Waals surface area contributed by atoms with Gasteiger partial charge in [0, 0.05) is 22.1 Å². The van der Waals surface area contributed by atoms with Crippen LogP contribution in [-0.4, -0.2) is 21.3 Å². The minimum atomic E-state index is -0.693. The predicted octanol–water partition coefficient (Wildman–Crippen LogP) is 3.34. The first-order chi connectivity index (χ1) is 9.81. The summed E-state index contributed by atoms with van der Waals surface area (Å²) < 4.78 is 13.0. The molecule has 1 saturated carbocycles. The van der Waals surface area contributed by atoms with Gasteiger partial charge in [0.25, 0.3) is 0 Å². The first-order valence-electron chi connectivity index (χ1n) is 8.02. The molecule has 3 rings (SSSR count). The van der Waals surface area contributed by atoms with Crippen LogP contribution in [0.4, 0.5) is 0 Å². The van der Waals surface area contributed by atoms with Gasteiger partial charge in [0.1, 0.15) is 0 Å². The lowest BCUT2D eigenvalue weighted by atomic mass is 10.1. The molecule has 1 aromatic rings. The van der Waals surface area contributed by atoms with Crippen molar-refractivity contribution in [1.82, 2.24) is 5.32 Å².